The van der Waals surface area contributed by atoms with Crippen molar-refractivity contribution in [1.82, 2.24) is 0 Å². The van der Waals surface area contributed by atoms with E-state index in [4.69, 9.17) is 4.74 Å². The van der Waals surface area contributed by atoms with E-state index in [2.05, 4.69) is 42.7 Å². The number of carbonyl (C=O) groups excluding carboxylic acids is 1. The smallest absolute Gasteiger partial charge is 0.255 e. The first-order valence-electron chi connectivity index (χ1n) is 11.6. The first kappa shape index (κ1) is 23.4. The lowest BCUT2D eigenvalue weighted by Gasteiger charge is -2.12. The molecule has 3 aromatic rings. The first-order valence-corrected chi connectivity index (χ1v) is 11.6. The number of para-hydroxylation sites is 1. The summed E-state index contributed by atoms with van der Waals surface area (Å²) in [4.78, 5) is 12.7. The standard InChI is InChI=1S/C28H34N2O2/c1-3-5-6-9-19-32-26-17-15-25(16-18-26)30-28(31)24-13-10-11-22(20-24)21-29-27-14-8-7-12-23(27)4-2/h7-8,10-18,20,29H,3-6,9,19,21H2,1-2H3,(H,30,31). The normalized spacial score (nSPS) is 10.6. The van der Waals surface area contributed by atoms with Crippen molar-refractivity contribution in [2.75, 3.05) is 17.2 Å². The summed E-state index contributed by atoms with van der Waals surface area (Å²) in [7, 11) is 0. The predicted molar refractivity (Wildman–Crippen MR) is 134 cm³/mol. The fourth-order valence-corrected chi connectivity index (χ4v) is 3.58. The maximum Gasteiger partial charge on any atom is 0.255 e. The second-order valence-corrected chi connectivity index (χ2v) is 7.95. The van der Waals surface area contributed by atoms with Crippen LogP contribution in [0.2, 0.25) is 0 Å². The van der Waals surface area contributed by atoms with Crippen LogP contribution in [-0.4, -0.2) is 12.5 Å². The Kier molecular flexibility index (Phi) is 9.18. The van der Waals surface area contributed by atoms with E-state index in [1.54, 1.807) is 0 Å². The molecule has 0 atom stereocenters. The Morgan fingerprint density at radius 2 is 1.69 bits per heavy atom. The molecule has 0 saturated heterocycles. The van der Waals surface area contributed by atoms with Gasteiger partial charge in [-0.05, 0) is 66.4 Å². The van der Waals surface area contributed by atoms with Crippen LogP contribution in [0.15, 0.2) is 72.8 Å². The van der Waals surface area contributed by atoms with Gasteiger partial charge in [-0.15, -0.1) is 0 Å². The third kappa shape index (κ3) is 7.16. The molecule has 0 aliphatic carbocycles. The van der Waals surface area contributed by atoms with E-state index in [-0.39, 0.29) is 5.91 Å². The average Bonchev–Trinajstić information content (AvgIpc) is 2.84. The van der Waals surface area contributed by atoms with Gasteiger partial charge in [0.1, 0.15) is 5.75 Å². The fraction of sp³-hybridized carbons (Fsp3) is 0.321. The van der Waals surface area contributed by atoms with Crippen molar-refractivity contribution < 1.29 is 9.53 Å². The summed E-state index contributed by atoms with van der Waals surface area (Å²) in [5.74, 6) is 0.717. The summed E-state index contributed by atoms with van der Waals surface area (Å²) >= 11 is 0. The molecule has 0 aliphatic heterocycles. The van der Waals surface area contributed by atoms with Crippen molar-refractivity contribution in [2.24, 2.45) is 0 Å². The molecule has 2 N–H and O–H groups in total. The molecule has 0 aromatic heterocycles. The number of hydrogen-bond acceptors (Lipinski definition) is 3. The zero-order valence-electron chi connectivity index (χ0n) is 19.2. The average molecular weight is 431 g/mol. The molecule has 0 radical (unpaired) electrons. The van der Waals surface area contributed by atoms with Crippen molar-refractivity contribution >= 4 is 17.3 Å². The number of carbonyl (C=O) groups is 1. The number of unbranched alkanes of at least 4 members (excludes halogenated alkanes) is 3. The van der Waals surface area contributed by atoms with Crippen LogP contribution in [-0.2, 0) is 13.0 Å². The molecular weight excluding hydrogens is 396 g/mol. The Morgan fingerprint density at radius 1 is 0.875 bits per heavy atom. The molecule has 0 fully saturated rings. The zero-order chi connectivity index (χ0) is 22.6. The molecule has 0 aliphatic rings. The molecule has 32 heavy (non-hydrogen) atoms. The number of hydrogen-bond donors (Lipinski definition) is 2. The Labute approximate surface area is 192 Å². The largest absolute Gasteiger partial charge is 0.494 e. The zero-order valence-corrected chi connectivity index (χ0v) is 19.2. The topological polar surface area (TPSA) is 50.4 Å². The highest BCUT2D eigenvalue weighted by Crippen LogP contribution is 2.19. The minimum Gasteiger partial charge on any atom is -0.494 e. The Hall–Kier alpha value is -3.27. The van der Waals surface area contributed by atoms with Crippen molar-refractivity contribution in [1.29, 1.82) is 0 Å². The molecule has 168 valence electrons. The summed E-state index contributed by atoms with van der Waals surface area (Å²) in [6, 6.07) is 23.6. The van der Waals surface area contributed by atoms with E-state index in [0.717, 1.165) is 42.1 Å². The number of benzene rings is 3. The van der Waals surface area contributed by atoms with Gasteiger partial charge in [0.15, 0.2) is 0 Å². The SMILES string of the molecule is CCCCCCOc1ccc(NC(=O)c2cccc(CNc3ccccc3CC)c2)cc1. The van der Waals surface area contributed by atoms with E-state index in [1.165, 1.54) is 24.8 Å². The number of aryl methyl sites for hydroxylation is 1. The lowest BCUT2D eigenvalue weighted by Crippen LogP contribution is -2.12. The minimum absolute atomic E-state index is 0.117. The van der Waals surface area contributed by atoms with Crippen LogP contribution >= 0.6 is 0 Å². The quantitative estimate of drug-likeness (QED) is 0.302. The van der Waals surface area contributed by atoms with Crippen molar-refractivity contribution in [3.05, 3.63) is 89.5 Å². The van der Waals surface area contributed by atoms with Gasteiger partial charge < -0.3 is 15.4 Å². The molecule has 0 unspecified atom stereocenters. The van der Waals surface area contributed by atoms with Gasteiger partial charge in [0.05, 0.1) is 6.61 Å². The second kappa shape index (κ2) is 12.6. The Morgan fingerprint density at radius 3 is 2.47 bits per heavy atom. The van der Waals surface area contributed by atoms with Crippen molar-refractivity contribution in [2.45, 2.75) is 52.5 Å². The molecule has 0 heterocycles. The summed E-state index contributed by atoms with van der Waals surface area (Å²) in [6.07, 6.45) is 5.72. The van der Waals surface area contributed by atoms with Gasteiger partial charge in [-0.2, -0.15) is 0 Å². The van der Waals surface area contributed by atoms with Crippen LogP contribution in [0.5, 0.6) is 5.75 Å². The predicted octanol–water partition coefficient (Wildman–Crippen LogP) is 7.07. The highest BCUT2D eigenvalue weighted by atomic mass is 16.5. The molecule has 4 heteroatoms. The monoisotopic (exact) mass is 430 g/mol. The fourth-order valence-electron chi connectivity index (χ4n) is 3.58. The van der Waals surface area contributed by atoms with Gasteiger partial charge in [0, 0.05) is 23.5 Å². The minimum atomic E-state index is -0.117. The number of anilines is 2. The van der Waals surface area contributed by atoms with Crippen LogP contribution in [0.25, 0.3) is 0 Å². The molecule has 3 aromatic carbocycles. The highest BCUT2D eigenvalue weighted by molar-refractivity contribution is 6.04. The molecule has 1 amide bonds. The Bertz CT molecular complexity index is 983. The number of rotatable bonds is 12. The van der Waals surface area contributed by atoms with Crippen molar-refractivity contribution in [3.8, 4) is 5.75 Å². The van der Waals surface area contributed by atoms with Crippen LogP contribution in [0, 0.1) is 0 Å². The van der Waals surface area contributed by atoms with Gasteiger partial charge in [0.25, 0.3) is 5.91 Å². The molecular formula is C28H34N2O2. The van der Waals surface area contributed by atoms with Crippen molar-refractivity contribution in [3.63, 3.8) is 0 Å². The summed E-state index contributed by atoms with van der Waals surface area (Å²) < 4.78 is 5.77. The van der Waals surface area contributed by atoms with Crippen LogP contribution in [0.4, 0.5) is 11.4 Å². The lowest BCUT2D eigenvalue weighted by atomic mass is 10.1. The third-order valence-corrected chi connectivity index (χ3v) is 5.45. The third-order valence-electron chi connectivity index (χ3n) is 5.45. The molecule has 4 nitrogen and oxygen atoms in total. The molecule has 3 rings (SSSR count). The number of ether oxygens (including phenoxy) is 1. The maximum absolute atomic E-state index is 12.7. The van der Waals surface area contributed by atoms with Crippen LogP contribution in [0.1, 0.15) is 61.0 Å². The summed E-state index contributed by atoms with van der Waals surface area (Å²) in [5, 5.41) is 6.46. The van der Waals surface area contributed by atoms with Gasteiger partial charge >= 0.3 is 0 Å². The van der Waals surface area contributed by atoms with Crippen LogP contribution in [0.3, 0.4) is 0 Å². The first-order chi connectivity index (χ1) is 15.7. The van der Waals surface area contributed by atoms with E-state index in [1.807, 2.05) is 54.6 Å². The molecule has 0 bridgehead atoms. The second-order valence-electron chi connectivity index (χ2n) is 7.95. The molecule has 0 spiro atoms. The van der Waals surface area contributed by atoms with E-state index in [0.29, 0.717) is 12.1 Å². The number of nitrogens with one attached hydrogen (secondary N) is 2. The lowest BCUT2D eigenvalue weighted by molar-refractivity contribution is 0.102. The highest BCUT2D eigenvalue weighted by Gasteiger charge is 2.08. The van der Waals surface area contributed by atoms with Gasteiger partial charge in [0.2, 0.25) is 0 Å². The summed E-state index contributed by atoms with van der Waals surface area (Å²) in [6.45, 7) is 5.75. The summed E-state index contributed by atoms with van der Waals surface area (Å²) in [5.41, 5.74) is 4.89. The van der Waals surface area contributed by atoms with Crippen LogP contribution < -0.4 is 15.4 Å². The van der Waals surface area contributed by atoms with E-state index >= 15 is 0 Å². The number of amides is 1. The maximum atomic E-state index is 12.7. The van der Waals surface area contributed by atoms with E-state index in [9.17, 15) is 4.79 Å². The van der Waals surface area contributed by atoms with E-state index < -0.39 is 0 Å². The molecule has 0 saturated carbocycles. The van der Waals surface area contributed by atoms with Gasteiger partial charge in [-0.1, -0.05) is 63.4 Å². The Balaban J connectivity index is 1.53. The van der Waals surface area contributed by atoms with Gasteiger partial charge in [-0.3, -0.25) is 4.79 Å². The van der Waals surface area contributed by atoms with Gasteiger partial charge in [-0.25, -0.2) is 0 Å².